The van der Waals surface area contributed by atoms with Gasteiger partial charge >= 0.3 is 19.8 Å². The summed E-state index contributed by atoms with van der Waals surface area (Å²) in [6.45, 7) is 4.26. The van der Waals surface area contributed by atoms with E-state index in [1.165, 1.54) is 83.5 Å². The number of unbranched alkanes of at least 4 members (excludes halogenated alkanes) is 21. The second-order valence-corrected chi connectivity index (χ2v) is 22.1. The first-order valence-electron chi connectivity index (χ1n) is 29.6. The maximum Gasteiger partial charge on any atom is 0.472 e. The minimum absolute atomic E-state index is 0.0270. The molecule has 0 amide bonds. The zero-order valence-electron chi connectivity index (χ0n) is 48.0. The highest BCUT2D eigenvalue weighted by molar-refractivity contribution is 7.47. The van der Waals surface area contributed by atoms with Crippen LogP contribution < -0.4 is 0 Å². The molecule has 0 aromatic carbocycles. The number of allylic oxidation sites excluding steroid dienone is 18. The maximum absolute atomic E-state index is 12.8. The molecule has 10 heteroatoms. The highest BCUT2D eigenvalue weighted by Crippen LogP contribution is 2.43. The lowest BCUT2D eigenvalue weighted by Gasteiger charge is -2.24. The Hall–Kier alpha value is -3.33. The molecule has 0 saturated heterocycles. The van der Waals surface area contributed by atoms with Crippen LogP contribution in [0.3, 0.4) is 0 Å². The van der Waals surface area contributed by atoms with E-state index < -0.39 is 26.5 Å². The Morgan fingerprint density at radius 2 is 0.770 bits per heavy atom. The predicted octanol–water partition coefficient (Wildman–Crippen LogP) is 18.6. The number of hydrogen-bond acceptors (Lipinski definition) is 7. The lowest BCUT2D eigenvalue weighted by Crippen LogP contribution is -2.37. The lowest BCUT2D eigenvalue weighted by molar-refractivity contribution is -0.870. The molecule has 0 aliphatic rings. The van der Waals surface area contributed by atoms with Crippen LogP contribution in [0.1, 0.15) is 232 Å². The van der Waals surface area contributed by atoms with Crippen LogP contribution in [0.25, 0.3) is 0 Å². The molecular weight excluding hydrogens is 942 g/mol. The van der Waals surface area contributed by atoms with Crippen molar-refractivity contribution in [2.24, 2.45) is 0 Å². The number of phosphoric ester groups is 1. The Kier molecular flexibility index (Phi) is 52.0. The number of nitrogens with zero attached hydrogens (tertiary/aromatic N) is 1. The summed E-state index contributed by atoms with van der Waals surface area (Å²) in [5, 5.41) is 0. The summed E-state index contributed by atoms with van der Waals surface area (Å²) >= 11 is 0. The van der Waals surface area contributed by atoms with E-state index in [4.69, 9.17) is 18.5 Å². The number of carbonyl (C=O) groups excluding carboxylic acids is 2. The van der Waals surface area contributed by atoms with Gasteiger partial charge in [0.2, 0.25) is 0 Å². The number of ether oxygens (including phenoxy) is 2. The Labute approximate surface area is 455 Å². The Morgan fingerprint density at radius 3 is 1.16 bits per heavy atom. The largest absolute Gasteiger partial charge is 0.472 e. The van der Waals surface area contributed by atoms with Gasteiger partial charge in [0, 0.05) is 12.8 Å². The normalized spacial score (nSPS) is 14.1. The van der Waals surface area contributed by atoms with Crippen molar-refractivity contribution in [1.82, 2.24) is 0 Å². The van der Waals surface area contributed by atoms with Gasteiger partial charge in [0.15, 0.2) is 6.10 Å². The molecule has 0 aliphatic carbocycles. The maximum atomic E-state index is 12.8. The molecule has 0 radical (unpaired) electrons. The van der Waals surface area contributed by atoms with Crippen molar-refractivity contribution in [1.29, 1.82) is 0 Å². The Balaban J connectivity index is 4.00. The fourth-order valence-corrected chi connectivity index (χ4v) is 8.46. The van der Waals surface area contributed by atoms with E-state index in [9.17, 15) is 19.0 Å². The Bertz CT molecular complexity index is 1620. The van der Waals surface area contributed by atoms with Crippen molar-refractivity contribution in [2.75, 3.05) is 47.5 Å². The molecule has 0 bridgehead atoms. The van der Waals surface area contributed by atoms with Crippen LogP contribution in [-0.2, 0) is 32.7 Å². The first kappa shape index (κ1) is 70.7. The second kappa shape index (κ2) is 54.5. The van der Waals surface area contributed by atoms with Gasteiger partial charge in [-0.25, -0.2) is 4.57 Å². The van der Waals surface area contributed by atoms with Crippen molar-refractivity contribution in [2.45, 2.75) is 238 Å². The monoisotopic (exact) mass is 1050 g/mol. The van der Waals surface area contributed by atoms with Crippen LogP contribution in [0, 0.1) is 0 Å². The quantitative estimate of drug-likeness (QED) is 0.0211. The second-order valence-electron chi connectivity index (χ2n) is 20.6. The molecule has 74 heavy (non-hydrogen) atoms. The number of hydrogen-bond donors (Lipinski definition) is 1. The minimum atomic E-state index is -4.39. The third-order valence-electron chi connectivity index (χ3n) is 12.3. The topological polar surface area (TPSA) is 108 Å². The van der Waals surface area contributed by atoms with E-state index in [1.807, 2.05) is 21.1 Å². The summed E-state index contributed by atoms with van der Waals surface area (Å²) in [5.74, 6) is -0.812. The highest BCUT2D eigenvalue weighted by Gasteiger charge is 2.27. The third kappa shape index (κ3) is 57.9. The number of carbonyl (C=O) groups is 2. The predicted molar refractivity (Wildman–Crippen MR) is 316 cm³/mol. The van der Waals surface area contributed by atoms with Crippen LogP contribution in [0.4, 0.5) is 0 Å². The van der Waals surface area contributed by atoms with Gasteiger partial charge in [-0.3, -0.25) is 18.6 Å². The zero-order valence-corrected chi connectivity index (χ0v) is 48.9. The summed E-state index contributed by atoms with van der Waals surface area (Å²) in [4.78, 5) is 35.5. The van der Waals surface area contributed by atoms with Crippen LogP contribution in [0.5, 0.6) is 0 Å². The van der Waals surface area contributed by atoms with E-state index >= 15 is 0 Å². The summed E-state index contributed by atoms with van der Waals surface area (Å²) < 4.78 is 34.4. The molecule has 2 unspecified atom stereocenters. The highest BCUT2D eigenvalue weighted by atomic mass is 31.2. The van der Waals surface area contributed by atoms with E-state index in [0.717, 1.165) is 116 Å². The summed E-state index contributed by atoms with van der Waals surface area (Å²) in [5.41, 5.74) is 0. The third-order valence-corrected chi connectivity index (χ3v) is 13.3. The van der Waals surface area contributed by atoms with Gasteiger partial charge in [0.1, 0.15) is 19.8 Å². The number of likely N-dealkylation sites (N-methyl/N-ethyl adjacent to an activating group) is 1. The van der Waals surface area contributed by atoms with Crippen molar-refractivity contribution < 1.29 is 42.1 Å². The molecule has 424 valence electrons. The SMILES string of the molecule is CC/C=C\C/C=C\C/C=C\C/C=C\C/C=C\C/C=C\C/C=C\C/C=C\CCCCCCCCCCCCCCCCC(=O)OC(COC(=O)CCCCCCC/C=C\CCCC)COP(=O)(O)OCC[N+](C)(C)C. The van der Waals surface area contributed by atoms with Gasteiger partial charge in [-0.15, -0.1) is 0 Å². The smallest absolute Gasteiger partial charge is 0.462 e. The van der Waals surface area contributed by atoms with E-state index in [2.05, 4.69) is 123 Å². The van der Waals surface area contributed by atoms with Crippen molar-refractivity contribution in [3.8, 4) is 0 Å². The molecule has 0 aromatic heterocycles. The molecule has 0 rings (SSSR count). The standard InChI is InChI=1S/C64H110NO8P/c1-6-8-10-12-14-16-18-19-20-21-22-23-24-25-26-27-28-29-30-31-32-33-34-35-36-37-38-39-40-41-42-43-44-45-47-49-51-53-55-57-64(67)73-62(61-72-74(68,69)71-59-58-65(3,4)5)60-70-63(66)56-54-52-50-48-46-17-15-13-11-9-7-2/h8,10,13-16,19-20,22-23,25-26,28-29,31-32,34-35,62H,6-7,9,11-12,17-18,21,24,27,30,33,36-61H2,1-5H3/p+1/b10-8-,15-13-,16-14-,20-19-,23-22-,26-25-,29-28-,32-31-,35-34-. The first-order valence-corrected chi connectivity index (χ1v) is 31.1. The lowest BCUT2D eigenvalue weighted by atomic mass is 10.0. The molecule has 2 atom stereocenters. The average Bonchev–Trinajstić information content (AvgIpc) is 3.36. The number of esters is 2. The van der Waals surface area contributed by atoms with Crippen molar-refractivity contribution in [3.05, 3.63) is 109 Å². The van der Waals surface area contributed by atoms with E-state index in [1.54, 1.807) is 0 Å². The molecule has 0 spiro atoms. The molecule has 0 fully saturated rings. The van der Waals surface area contributed by atoms with Gasteiger partial charge in [-0.2, -0.15) is 0 Å². The van der Waals surface area contributed by atoms with Crippen LogP contribution >= 0.6 is 7.82 Å². The molecule has 1 N–H and O–H groups in total. The molecule has 0 heterocycles. The fraction of sp³-hybridized carbons (Fsp3) is 0.688. The molecule has 9 nitrogen and oxygen atoms in total. The molecule has 0 aromatic rings. The van der Waals surface area contributed by atoms with E-state index in [-0.39, 0.29) is 32.0 Å². The number of quaternary nitrogens is 1. The fourth-order valence-electron chi connectivity index (χ4n) is 7.72. The van der Waals surface area contributed by atoms with Gasteiger partial charge in [-0.1, -0.05) is 232 Å². The van der Waals surface area contributed by atoms with Crippen molar-refractivity contribution >= 4 is 19.8 Å². The van der Waals surface area contributed by atoms with Gasteiger partial charge in [-0.05, 0) is 96.3 Å². The number of phosphoric acid groups is 1. The summed E-state index contributed by atoms with van der Waals surface area (Å²) in [6, 6.07) is 0. The zero-order chi connectivity index (χ0) is 54.2. The summed E-state index contributed by atoms with van der Waals surface area (Å²) in [6.07, 6.45) is 76.1. The van der Waals surface area contributed by atoms with Crippen molar-refractivity contribution in [3.63, 3.8) is 0 Å². The van der Waals surface area contributed by atoms with Gasteiger partial charge in [0.05, 0.1) is 27.7 Å². The summed E-state index contributed by atoms with van der Waals surface area (Å²) in [7, 11) is 1.46. The average molecular weight is 1050 g/mol. The Morgan fingerprint density at radius 1 is 0.432 bits per heavy atom. The van der Waals surface area contributed by atoms with E-state index in [0.29, 0.717) is 17.4 Å². The van der Waals surface area contributed by atoms with Crippen LogP contribution in [0.15, 0.2) is 109 Å². The van der Waals surface area contributed by atoms with Gasteiger partial charge in [0.25, 0.3) is 0 Å². The molecule has 0 saturated carbocycles. The van der Waals surface area contributed by atoms with Gasteiger partial charge < -0.3 is 18.9 Å². The molecule has 0 aliphatic heterocycles. The number of rotatable bonds is 53. The first-order chi connectivity index (χ1) is 36.0. The molecular formula is C64H111NO8P+. The minimum Gasteiger partial charge on any atom is -0.462 e. The van der Waals surface area contributed by atoms with Crippen LogP contribution in [-0.4, -0.2) is 74.9 Å². The van der Waals surface area contributed by atoms with Crippen LogP contribution in [0.2, 0.25) is 0 Å².